The minimum Gasteiger partial charge on any atom is -0.496 e. The summed E-state index contributed by atoms with van der Waals surface area (Å²) >= 11 is 5.64. The standard InChI is InChI=1S/C20H19BrIN3O2/c1-4-12(2)19-24-17-7-6-14(21)10-15(17)20(26)25(19)23-11-13-5-8-18(27-3)16(22)9-13/h5-12H,4H2,1-3H3/t12-/m1/s1. The van der Waals surface area contributed by atoms with Crippen molar-refractivity contribution < 1.29 is 4.74 Å². The summed E-state index contributed by atoms with van der Waals surface area (Å²) in [6.07, 6.45) is 2.55. The Morgan fingerprint density at radius 1 is 1.33 bits per heavy atom. The van der Waals surface area contributed by atoms with Gasteiger partial charge in [-0.25, -0.2) is 4.98 Å². The van der Waals surface area contributed by atoms with Crippen molar-refractivity contribution in [2.45, 2.75) is 26.2 Å². The SMILES string of the molecule is CC[C@@H](C)c1nc2ccc(Br)cc2c(=O)n1N=Cc1ccc(OC)c(I)c1. The van der Waals surface area contributed by atoms with Gasteiger partial charge >= 0.3 is 0 Å². The van der Waals surface area contributed by atoms with Crippen LogP contribution >= 0.6 is 38.5 Å². The molecular formula is C20H19BrIN3O2. The van der Waals surface area contributed by atoms with Gasteiger partial charge in [-0.3, -0.25) is 4.79 Å². The maximum Gasteiger partial charge on any atom is 0.282 e. The molecule has 0 saturated heterocycles. The zero-order valence-electron chi connectivity index (χ0n) is 15.2. The average Bonchev–Trinajstić information content (AvgIpc) is 2.67. The van der Waals surface area contributed by atoms with Gasteiger partial charge < -0.3 is 4.74 Å². The summed E-state index contributed by atoms with van der Waals surface area (Å²) in [5, 5.41) is 5.02. The molecule has 5 nitrogen and oxygen atoms in total. The van der Waals surface area contributed by atoms with E-state index in [9.17, 15) is 4.79 Å². The van der Waals surface area contributed by atoms with E-state index >= 15 is 0 Å². The molecule has 0 aliphatic heterocycles. The van der Waals surface area contributed by atoms with Crippen LogP contribution in [-0.4, -0.2) is 23.0 Å². The number of aromatic nitrogens is 2. The Labute approximate surface area is 179 Å². The number of benzene rings is 2. The van der Waals surface area contributed by atoms with Gasteiger partial charge in [0.1, 0.15) is 11.6 Å². The molecule has 140 valence electrons. The monoisotopic (exact) mass is 539 g/mol. The van der Waals surface area contributed by atoms with Crippen molar-refractivity contribution in [1.29, 1.82) is 0 Å². The van der Waals surface area contributed by atoms with Crippen LogP contribution in [0.25, 0.3) is 10.9 Å². The molecule has 0 aliphatic carbocycles. The normalized spacial score (nSPS) is 12.6. The van der Waals surface area contributed by atoms with Crippen molar-refractivity contribution in [1.82, 2.24) is 9.66 Å². The number of halogens is 2. The third kappa shape index (κ3) is 4.24. The third-order valence-corrected chi connectivity index (χ3v) is 5.72. The number of rotatable bonds is 5. The maximum atomic E-state index is 13.1. The predicted molar refractivity (Wildman–Crippen MR) is 121 cm³/mol. The lowest BCUT2D eigenvalue weighted by molar-refractivity contribution is 0.412. The fourth-order valence-electron chi connectivity index (χ4n) is 2.67. The van der Waals surface area contributed by atoms with Crippen molar-refractivity contribution in [3.63, 3.8) is 0 Å². The number of fused-ring (bicyclic) bond motifs is 1. The molecule has 1 aromatic heterocycles. The molecule has 27 heavy (non-hydrogen) atoms. The third-order valence-electron chi connectivity index (χ3n) is 4.38. The summed E-state index contributed by atoms with van der Waals surface area (Å²) in [7, 11) is 1.64. The zero-order valence-corrected chi connectivity index (χ0v) is 19.0. The number of methoxy groups -OCH3 is 1. The predicted octanol–water partition coefficient (Wildman–Crippen LogP) is 5.17. The summed E-state index contributed by atoms with van der Waals surface area (Å²) < 4.78 is 8.52. The van der Waals surface area contributed by atoms with Crippen LogP contribution in [0.1, 0.15) is 37.6 Å². The number of hydrogen-bond acceptors (Lipinski definition) is 4. The smallest absolute Gasteiger partial charge is 0.282 e. The molecule has 3 aromatic rings. The van der Waals surface area contributed by atoms with E-state index in [0.717, 1.165) is 25.8 Å². The Hall–Kier alpha value is -1.74. The molecule has 0 saturated carbocycles. The highest BCUT2D eigenvalue weighted by molar-refractivity contribution is 14.1. The zero-order chi connectivity index (χ0) is 19.6. The first kappa shape index (κ1) is 20.0. The summed E-state index contributed by atoms with van der Waals surface area (Å²) in [6.45, 7) is 4.12. The Bertz CT molecular complexity index is 1080. The van der Waals surface area contributed by atoms with Gasteiger partial charge in [0, 0.05) is 10.4 Å². The quantitative estimate of drug-likeness (QED) is 0.332. The van der Waals surface area contributed by atoms with Crippen molar-refractivity contribution >= 4 is 55.6 Å². The fourth-order valence-corrected chi connectivity index (χ4v) is 3.79. The second-order valence-corrected chi connectivity index (χ2v) is 8.27. The van der Waals surface area contributed by atoms with Crippen LogP contribution in [0, 0.1) is 3.57 Å². The lowest BCUT2D eigenvalue weighted by atomic mass is 10.1. The minimum atomic E-state index is -0.170. The van der Waals surface area contributed by atoms with E-state index in [1.807, 2.05) is 30.3 Å². The molecule has 0 unspecified atom stereocenters. The molecule has 1 heterocycles. The number of hydrogen-bond donors (Lipinski definition) is 0. The van der Waals surface area contributed by atoms with E-state index in [-0.39, 0.29) is 11.5 Å². The first-order valence-corrected chi connectivity index (χ1v) is 10.4. The van der Waals surface area contributed by atoms with Gasteiger partial charge in [-0.15, -0.1) is 0 Å². The van der Waals surface area contributed by atoms with Crippen LogP contribution in [0.4, 0.5) is 0 Å². The van der Waals surface area contributed by atoms with Gasteiger partial charge in [0.2, 0.25) is 0 Å². The largest absolute Gasteiger partial charge is 0.496 e. The lowest BCUT2D eigenvalue weighted by Crippen LogP contribution is -2.23. The summed E-state index contributed by atoms with van der Waals surface area (Å²) in [5.74, 6) is 1.58. The summed E-state index contributed by atoms with van der Waals surface area (Å²) in [5.41, 5.74) is 1.40. The van der Waals surface area contributed by atoms with Gasteiger partial charge in [0.15, 0.2) is 0 Å². The maximum absolute atomic E-state index is 13.1. The topological polar surface area (TPSA) is 56.5 Å². The van der Waals surface area contributed by atoms with E-state index in [1.54, 1.807) is 19.4 Å². The molecule has 0 amide bonds. The van der Waals surface area contributed by atoms with E-state index in [1.165, 1.54) is 4.68 Å². The van der Waals surface area contributed by atoms with Crippen molar-refractivity contribution in [2.24, 2.45) is 5.10 Å². The molecule has 0 bridgehead atoms. The van der Waals surface area contributed by atoms with Crippen LogP contribution in [0.2, 0.25) is 0 Å². The Balaban J connectivity index is 2.15. The highest BCUT2D eigenvalue weighted by Crippen LogP contribution is 2.22. The molecule has 0 aliphatic rings. The van der Waals surface area contributed by atoms with Gasteiger partial charge in [-0.2, -0.15) is 9.78 Å². The van der Waals surface area contributed by atoms with Gasteiger partial charge in [0.05, 0.1) is 27.8 Å². The highest BCUT2D eigenvalue weighted by atomic mass is 127. The average molecular weight is 540 g/mol. The molecular weight excluding hydrogens is 521 g/mol. The molecule has 0 spiro atoms. The first-order chi connectivity index (χ1) is 12.9. The molecule has 0 N–H and O–H groups in total. The molecule has 7 heteroatoms. The highest BCUT2D eigenvalue weighted by Gasteiger charge is 2.15. The van der Waals surface area contributed by atoms with E-state index < -0.39 is 0 Å². The van der Waals surface area contributed by atoms with Crippen molar-refractivity contribution in [2.75, 3.05) is 7.11 Å². The number of ether oxygens (including phenoxy) is 1. The molecule has 3 rings (SSSR count). The van der Waals surface area contributed by atoms with Crippen LogP contribution in [0.5, 0.6) is 5.75 Å². The fraction of sp³-hybridized carbons (Fsp3) is 0.250. The Morgan fingerprint density at radius 2 is 2.11 bits per heavy atom. The minimum absolute atomic E-state index is 0.110. The second-order valence-electron chi connectivity index (χ2n) is 6.20. The van der Waals surface area contributed by atoms with E-state index in [2.05, 4.69) is 57.5 Å². The van der Waals surface area contributed by atoms with Crippen molar-refractivity contribution in [3.05, 3.63) is 66.2 Å². The van der Waals surface area contributed by atoms with E-state index in [4.69, 9.17) is 9.72 Å². The second kappa shape index (κ2) is 8.52. The lowest BCUT2D eigenvalue weighted by Gasteiger charge is -2.14. The Morgan fingerprint density at radius 3 is 2.78 bits per heavy atom. The van der Waals surface area contributed by atoms with Crippen LogP contribution in [-0.2, 0) is 0 Å². The summed E-state index contributed by atoms with van der Waals surface area (Å²) in [4.78, 5) is 17.8. The van der Waals surface area contributed by atoms with Crippen molar-refractivity contribution in [3.8, 4) is 5.75 Å². The molecule has 0 fully saturated rings. The molecule has 0 radical (unpaired) electrons. The van der Waals surface area contributed by atoms with Crippen LogP contribution < -0.4 is 10.3 Å². The number of nitrogens with zero attached hydrogens (tertiary/aromatic N) is 3. The van der Waals surface area contributed by atoms with Crippen LogP contribution in [0.15, 0.2) is 50.8 Å². The molecule has 2 aromatic carbocycles. The Kier molecular flexibility index (Phi) is 6.31. The van der Waals surface area contributed by atoms with Gasteiger partial charge in [0.25, 0.3) is 5.56 Å². The summed E-state index contributed by atoms with van der Waals surface area (Å²) in [6, 6.07) is 11.3. The van der Waals surface area contributed by atoms with Gasteiger partial charge in [-0.1, -0.05) is 29.8 Å². The van der Waals surface area contributed by atoms with Crippen LogP contribution in [0.3, 0.4) is 0 Å². The first-order valence-electron chi connectivity index (χ1n) is 8.54. The van der Waals surface area contributed by atoms with Gasteiger partial charge in [-0.05, 0) is 71.0 Å². The molecule has 1 atom stereocenters. The van der Waals surface area contributed by atoms with E-state index in [0.29, 0.717) is 16.7 Å².